The van der Waals surface area contributed by atoms with Gasteiger partial charge in [0.25, 0.3) is 0 Å². The summed E-state index contributed by atoms with van der Waals surface area (Å²) < 4.78 is 0. The predicted molar refractivity (Wildman–Crippen MR) is 64.0 cm³/mol. The second kappa shape index (κ2) is 5.38. The molecule has 1 N–H and O–H groups in total. The molecule has 0 aliphatic carbocycles. The molecule has 3 heteroatoms. The van der Waals surface area contributed by atoms with Gasteiger partial charge in [-0.25, -0.2) is 0 Å². The largest absolute Gasteiger partial charge is 0.316 e. The molecule has 2 nitrogen and oxygen atoms in total. The summed E-state index contributed by atoms with van der Waals surface area (Å²) in [4.78, 5) is 2.68. The van der Waals surface area contributed by atoms with Crippen molar-refractivity contribution in [3.63, 3.8) is 0 Å². The molecular weight excluding hydrogens is 192 g/mol. The molecule has 14 heavy (non-hydrogen) atoms. The average molecular weight is 214 g/mol. The molecule has 0 spiro atoms. The van der Waals surface area contributed by atoms with Crippen molar-refractivity contribution in [2.24, 2.45) is 5.92 Å². The van der Waals surface area contributed by atoms with Gasteiger partial charge >= 0.3 is 0 Å². The maximum atomic E-state index is 3.46. The molecule has 0 radical (unpaired) electrons. The van der Waals surface area contributed by atoms with E-state index in [2.05, 4.69) is 28.9 Å². The van der Waals surface area contributed by atoms with Gasteiger partial charge in [-0.15, -0.1) is 0 Å². The van der Waals surface area contributed by atoms with Gasteiger partial charge in [0.2, 0.25) is 0 Å². The molecule has 2 heterocycles. The minimum atomic E-state index is 0.901. The minimum Gasteiger partial charge on any atom is -0.316 e. The highest BCUT2D eigenvalue weighted by atomic mass is 32.2. The summed E-state index contributed by atoms with van der Waals surface area (Å²) in [5.74, 6) is 2.27. The fourth-order valence-corrected chi connectivity index (χ4v) is 3.68. The Morgan fingerprint density at radius 1 is 1.50 bits per heavy atom. The van der Waals surface area contributed by atoms with Crippen LogP contribution < -0.4 is 5.32 Å². The van der Waals surface area contributed by atoms with Crippen LogP contribution in [0, 0.1) is 5.92 Å². The highest BCUT2D eigenvalue weighted by Gasteiger charge is 2.23. The van der Waals surface area contributed by atoms with Crippen molar-refractivity contribution in [3.8, 4) is 0 Å². The lowest BCUT2D eigenvalue weighted by atomic mass is 10.1. The van der Waals surface area contributed by atoms with Crippen molar-refractivity contribution in [2.75, 3.05) is 38.5 Å². The van der Waals surface area contributed by atoms with Crippen molar-refractivity contribution in [1.82, 2.24) is 10.2 Å². The highest BCUT2D eigenvalue weighted by molar-refractivity contribution is 8.00. The lowest BCUT2D eigenvalue weighted by Crippen LogP contribution is -2.40. The molecule has 2 fully saturated rings. The van der Waals surface area contributed by atoms with Crippen LogP contribution in [-0.4, -0.2) is 48.6 Å². The minimum absolute atomic E-state index is 0.901. The van der Waals surface area contributed by atoms with Crippen LogP contribution in [-0.2, 0) is 0 Å². The summed E-state index contributed by atoms with van der Waals surface area (Å²) in [7, 11) is 0. The van der Waals surface area contributed by atoms with Gasteiger partial charge in [0.05, 0.1) is 0 Å². The van der Waals surface area contributed by atoms with E-state index in [9.17, 15) is 0 Å². The van der Waals surface area contributed by atoms with Crippen LogP contribution in [0.1, 0.15) is 19.8 Å². The molecule has 0 saturated carbocycles. The number of rotatable bonds is 3. The predicted octanol–water partition coefficient (Wildman–Crippen LogP) is 1.42. The first-order valence-electron chi connectivity index (χ1n) is 5.93. The lowest BCUT2D eigenvalue weighted by molar-refractivity contribution is 0.243. The molecular formula is C11H22N2S. The Kier molecular flexibility index (Phi) is 4.14. The van der Waals surface area contributed by atoms with Gasteiger partial charge in [0.15, 0.2) is 0 Å². The molecule has 2 aliphatic rings. The monoisotopic (exact) mass is 214 g/mol. The number of hydrogen-bond donors (Lipinski definition) is 1. The number of nitrogens with zero attached hydrogens (tertiary/aromatic N) is 1. The fraction of sp³-hybridized carbons (Fsp3) is 1.00. The Morgan fingerprint density at radius 3 is 3.14 bits per heavy atom. The summed E-state index contributed by atoms with van der Waals surface area (Å²) >= 11 is 2.17. The topological polar surface area (TPSA) is 15.3 Å². The summed E-state index contributed by atoms with van der Waals surface area (Å²) in [5, 5.41) is 4.36. The summed E-state index contributed by atoms with van der Waals surface area (Å²) in [6.07, 6.45) is 2.73. The zero-order chi connectivity index (χ0) is 9.80. The molecule has 0 amide bonds. The molecule has 0 aromatic heterocycles. The Morgan fingerprint density at radius 2 is 2.43 bits per heavy atom. The van der Waals surface area contributed by atoms with Crippen molar-refractivity contribution in [3.05, 3.63) is 0 Å². The number of hydrogen-bond acceptors (Lipinski definition) is 3. The van der Waals surface area contributed by atoms with Crippen LogP contribution in [0.2, 0.25) is 0 Å². The van der Waals surface area contributed by atoms with Crippen LogP contribution >= 0.6 is 11.8 Å². The van der Waals surface area contributed by atoms with Gasteiger partial charge in [-0.3, -0.25) is 0 Å². The molecule has 2 aliphatic heterocycles. The van der Waals surface area contributed by atoms with Crippen LogP contribution in [0.4, 0.5) is 0 Å². The highest BCUT2D eigenvalue weighted by Crippen LogP contribution is 2.22. The normalized spacial score (nSPS) is 34.9. The fourth-order valence-electron chi connectivity index (χ4n) is 2.43. The Balaban J connectivity index is 1.73. The van der Waals surface area contributed by atoms with Crippen molar-refractivity contribution in [1.29, 1.82) is 0 Å². The number of thioether (sulfide) groups is 1. The van der Waals surface area contributed by atoms with Crippen molar-refractivity contribution < 1.29 is 0 Å². The van der Waals surface area contributed by atoms with Gasteiger partial charge in [-0.05, 0) is 31.8 Å². The Labute approximate surface area is 91.8 Å². The standard InChI is InChI=1S/C11H22N2S/c1-2-11-9-13(5-6-14-11)8-10-3-4-12-7-10/h10-12H,2-9H2,1H3. The maximum absolute atomic E-state index is 3.46. The summed E-state index contributed by atoms with van der Waals surface area (Å²) in [6, 6.07) is 0. The van der Waals surface area contributed by atoms with E-state index in [1.165, 1.54) is 51.3 Å². The SMILES string of the molecule is CCC1CN(CC2CCNC2)CCS1. The van der Waals surface area contributed by atoms with Gasteiger partial charge in [-0.2, -0.15) is 11.8 Å². The van der Waals surface area contributed by atoms with E-state index in [4.69, 9.17) is 0 Å². The average Bonchev–Trinajstić information content (AvgIpc) is 2.71. The van der Waals surface area contributed by atoms with Crippen LogP contribution in [0.15, 0.2) is 0 Å². The van der Waals surface area contributed by atoms with Gasteiger partial charge < -0.3 is 10.2 Å². The second-order valence-electron chi connectivity index (χ2n) is 4.52. The molecule has 2 rings (SSSR count). The molecule has 0 aromatic rings. The van der Waals surface area contributed by atoms with E-state index >= 15 is 0 Å². The van der Waals surface area contributed by atoms with Gasteiger partial charge in [0, 0.05) is 30.6 Å². The van der Waals surface area contributed by atoms with Crippen molar-refractivity contribution in [2.45, 2.75) is 25.0 Å². The molecule has 2 unspecified atom stereocenters. The third-order valence-electron chi connectivity index (χ3n) is 3.36. The van der Waals surface area contributed by atoms with E-state index < -0.39 is 0 Å². The van der Waals surface area contributed by atoms with E-state index in [1.807, 2.05) is 0 Å². The first-order chi connectivity index (χ1) is 6.88. The second-order valence-corrected chi connectivity index (χ2v) is 5.93. The van der Waals surface area contributed by atoms with Gasteiger partial charge in [-0.1, -0.05) is 6.92 Å². The zero-order valence-electron chi connectivity index (χ0n) is 9.17. The quantitative estimate of drug-likeness (QED) is 0.765. The molecule has 0 aromatic carbocycles. The number of nitrogens with one attached hydrogen (secondary N) is 1. The molecule has 2 saturated heterocycles. The third kappa shape index (κ3) is 2.88. The maximum Gasteiger partial charge on any atom is 0.0172 e. The molecule has 2 atom stereocenters. The van der Waals surface area contributed by atoms with Crippen LogP contribution in [0.5, 0.6) is 0 Å². The summed E-state index contributed by atoms with van der Waals surface area (Å²) in [5.41, 5.74) is 0. The van der Waals surface area contributed by atoms with E-state index in [0.717, 1.165) is 11.2 Å². The smallest absolute Gasteiger partial charge is 0.0172 e. The first-order valence-corrected chi connectivity index (χ1v) is 6.98. The van der Waals surface area contributed by atoms with E-state index in [-0.39, 0.29) is 0 Å². The van der Waals surface area contributed by atoms with Gasteiger partial charge in [0.1, 0.15) is 0 Å². The van der Waals surface area contributed by atoms with Crippen molar-refractivity contribution >= 4 is 11.8 Å². The first kappa shape index (κ1) is 10.8. The third-order valence-corrected chi connectivity index (χ3v) is 4.73. The van der Waals surface area contributed by atoms with Crippen LogP contribution in [0.3, 0.4) is 0 Å². The lowest BCUT2D eigenvalue weighted by Gasteiger charge is -2.33. The van der Waals surface area contributed by atoms with E-state index in [1.54, 1.807) is 0 Å². The summed E-state index contributed by atoms with van der Waals surface area (Å²) in [6.45, 7) is 8.79. The van der Waals surface area contributed by atoms with E-state index in [0.29, 0.717) is 0 Å². The Hall–Kier alpha value is 0.270. The Bertz CT molecular complexity index is 169. The molecule has 82 valence electrons. The van der Waals surface area contributed by atoms with Crippen LogP contribution in [0.25, 0.3) is 0 Å². The molecule has 0 bridgehead atoms. The zero-order valence-corrected chi connectivity index (χ0v) is 9.98.